The van der Waals surface area contributed by atoms with Gasteiger partial charge in [0.25, 0.3) is 5.91 Å². The highest BCUT2D eigenvalue weighted by molar-refractivity contribution is 5.95. The first-order valence-electron chi connectivity index (χ1n) is 13.5. The topological polar surface area (TPSA) is 77.6 Å². The van der Waals surface area contributed by atoms with Crippen molar-refractivity contribution in [3.8, 4) is 22.6 Å². The number of carbonyl (C=O) groups excluding carboxylic acids is 2. The smallest absolute Gasteiger partial charge is 0.338 e. The van der Waals surface area contributed by atoms with Crippen molar-refractivity contribution in [2.24, 2.45) is 5.10 Å². The number of aryl methyl sites for hydroxylation is 2. The number of rotatable bonds is 8. The number of ether oxygens (including phenoxy) is 1. The number of carbonyl (C=O) groups is 2. The minimum atomic E-state index is -0.352. The van der Waals surface area contributed by atoms with E-state index < -0.39 is 0 Å². The maximum Gasteiger partial charge on any atom is 0.338 e. The van der Waals surface area contributed by atoms with Gasteiger partial charge in [-0.25, -0.2) is 10.2 Å². The summed E-state index contributed by atoms with van der Waals surface area (Å²) in [6.07, 6.45) is 1.63. The van der Waals surface area contributed by atoms with Crippen LogP contribution in [0, 0.1) is 20.8 Å². The van der Waals surface area contributed by atoms with Crippen molar-refractivity contribution in [3.63, 3.8) is 0 Å². The van der Waals surface area contributed by atoms with Gasteiger partial charge in [-0.15, -0.1) is 0 Å². The maximum atomic E-state index is 12.8. The first-order valence-corrected chi connectivity index (χ1v) is 13.5. The number of nitrogens with zero attached hydrogens (tertiary/aromatic N) is 3. The van der Waals surface area contributed by atoms with Crippen LogP contribution in [0.1, 0.15) is 50.3 Å². The van der Waals surface area contributed by atoms with E-state index in [9.17, 15) is 9.59 Å². The van der Waals surface area contributed by atoms with Gasteiger partial charge in [0.05, 0.1) is 24.1 Å². The number of hydrazone groups is 1. The molecule has 0 aliphatic heterocycles. The van der Waals surface area contributed by atoms with E-state index in [0.717, 1.165) is 45.3 Å². The molecule has 0 spiro atoms. The molecule has 0 radical (unpaired) electrons. The third-order valence-corrected chi connectivity index (χ3v) is 6.99. The van der Waals surface area contributed by atoms with Gasteiger partial charge in [0.1, 0.15) is 0 Å². The number of aromatic nitrogens is 2. The summed E-state index contributed by atoms with van der Waals surface area (Å²) in [5.74, 6) is -0.647. The van der Waals surface area contributed by atoms with E-state index in [0.29, 0.717) is 17.7 Å². The molecule has 0 fully saturated rings. The lowest BCUT2D eigenvalue weighted by atomic mass is 10.1. The zero-order valence-corrected chi connectivity index (χ0v) is 23.6. The van der Waals surface area contributed by atoms with Crippen molar-refractivity contribution >= 4 is 18.1 Å². The zero-order chi connectivity index (χ0) is 28.9. The molecule has 0 unspecified atom stereocenters. The molecule has 5 aromatic rings. The average Bonchev–Trinajstić information content (AvgIpc) is 3.51. The summed E-state index contributed by atoms with van der Waals surface area (Å²) in [5.41, 5.74) is 11.6. The van der Waals surface area contributed by atoms with E-state index in [1.807, 2.05) is 73.0 Å². The molecule has 1 N–H and O–H groups in total. The minimum Gasteiger partial charge on any atom is -0.462 e. The molecule has 5 rings (SSSR count). The molecule has 7 nitrogen and oxygen atoms in total. The van der Waals surface area contributed by atoms with E-state index in [1.54, 1.807) is 31.3 Å². The van der Waals surface area contributed by atoms with Gasteiger partial charge in [-0.05, 0) is 93.9 Å². The number of esters is 1. The Morgan fingerprint density at radius 2 is 1.54 bits per heavy atom. The summed E-state index contributed by atoms with van der Waals surface area (Å²) in [6.45, 7) is 8.13. The molecule has 41 heavy (non-hydrogen) atoms. The van der Waals surface area contributed by atoms with Gasteiger partial charge >= 0.3 is 5.97 Å². The Hall–Kier alpha value is -5.17. The summed E-state index contributed by atoms with van der Waals surface area (Å²) in [6, 6.07) is 31.2. The number of hydrogen-bond donors (Lipinski definition) is 1. The van der Waals surface area contributed by atoms with Gasteiger partial charge in [-0.3, -0.25) is 4.79 Å². The van der Waals surface area contributed by atoms with Crippen molar-refractivity contribution in [1.82, 2.24) is 14.6 Å². The van der Waals surface area contributed by atoms with Crippen molar-refractivity contribution in [1.29, 1.82) is 0 Å². The van der Waals surface area contributed by atoms with Crippen LogP contribution in [0.4, 0.5) is 0 Å². The second-order valence-electron chi connectivity index (χ2n) is 9.74. The Balaban J connectivity index is 1.30. The molecule has 0 aliphatic carbocycles. The normalized spacial score (nSPS) is 11.1. The van der Waals surface area contributed by atoms with Crippen LogP contribution in [-0.4, -0.2) is 33.8 Å². The van der Waals surface area contributed by atoms with Gasteiger partial charge < -0.3 is 13.9 Å². The highest BCUT2D eigenvalue weighted by Gasteiger charge is 2.14. The summed E-state index contributed by atoms with van der Waals surface area (Å²) < 4.78 is 9.35. The van der Waals surface area contributed by atoms with Gasteiger partial charge in [-0.2, -0.15) is 5.10 Å². The SMILES string of the molecule is CCOC(=O)c1cccc(-n2c(C)cc(/C=N/NC(=O)c3ccc(-n4c(C)ccc4-c4ccccc4)cc3)c2C)c1. The molecule has 0 atom stereocenters. The molecular formula is C34H32N4O3. The summed E-state index contributed by atoms with van der Waals surface area (Å²) >= 11 is 0. The molecule has 1 amide bonds. The second-order valence-corrected chi connectivity index (χ2v) is 9.74. The van der Waals surface area contributed by atoms with Crippen molar-refractivity contribution in [2.45, 2.75) is 27.7 Å². The Kier molecular flexibility index (Phi) is 7.97. The van der Waals surface area contributed by atoms with E-state index in [2.05, 4.69) is 46.3 Å². The lowest BCUT2D eigenvalue weighted by molar-refractivity contribution is 0.0526. The third-order valence-electron chi connectivity index (χ3n) is 6.99. The van der Waals surface area contributed by atoms with E-state index in [1.165, 1.54) is 0 Å². The van der Waals surface area contributed by atoms with Gasteiger partial charge in [0.15, 0.2) is 0 Å². The first kappa shape index (κ1) is 27.4. The van der Waals surface area contributed by atoms with Crippen LogP contribution in [0.5, 0.6) is 0 Å². The van der Waals surface area contributed by atoms with Gasteiger partial charge in [0, 0.05) is 39.6 Å². The van der Waals surface area contributed by atoms with Crippen molar-refractivity contribution in [3.05, 3.63) is 131 Å². The molecule has 7 heteroatoms. The van der Waals surface area contributed by atoms with E-state index >= 15 is 0 Å². The third kappa shape index (κ3) is 5.75. The van der Waals surface area contributed by atoms with E-state index in [4.69, 9.17) is 4.74 Å². The van der Waals surface area contributed by atoms with E-state index in [-0.39, 0.29) is 11.9 Å². The lowest BCUT2D eigenvalue weighted by Crippen LogP contribution is -2.17. The Morgan fingerprint density at radius 1 is 0.780 bits per heavy atom. The number of amides is 1. The van der Waals surface area contributed by atoms with Gasteiger partial charge in [0.2, 0.25) is 0 Å². The number of hydrogen-bond acceptors (Lipinski definition) is 4. The molecule has 0 saturated heterocycles. The predicted octanol–water partition coefficient (Wildman–Crippen LogP) is 6.80. The van der Waals surface area contributed by atoms with Crippen molar-refractivity contribution in [2.75, 3.05) is 6.61 Å². The molecule has 0 aliphatic rings. The Morgan fingerprint density at radius 3 is 2.27 bits per heavy atom. The summed E-state index contributed by atoms with van der Waals surface area (Å²) in [4.78, 5) is 25.0. The molecule has 0 saturated carbocycles. The van der Waals surface area contributed by atoms with Crippen LogP contribution in [-0.2, 0) is 4.74 Å². The highest BCUT2D eigenvalue weighted by atomic mass is 16.5. The van der Waals surface area contributed by atoms with Gasteiger partial charge in [-0.1, -0.05) is 36.4 Å². The highest BCUT2D eigenvalue weighted by Crippen LogP contribution is 2.26. The Labute approximate surface area is 239 Å². The molecule has 206 valence electrons. The summed E-state index contributed by atoms with van der Waals surface area (Å²) in [5, 5.41) is 4.22. The minimum absolute atomic E-state index is 0.295. The maximum absolute atomic E-state index is 12.8. The van der Waals surface area contributed by atoms with Crippen LogP contribution in [0.15, 0.2) is 102 Å². The van der Waals surface area contributed by atoms with Crippen LogP contribution in [0.25, 0.3) is 22.6 Å². The lowest BCUT2D eigenvalue weighted by Gasteiger charge is -2.12. The quantitative estimate of drug-likeness (QED) is 0.133. The van der Waals surface area contributed by atoms with Crippen LogP contribution >= 0.6 is 0 Å². The van der Waals surface area contributed by atoms with Crippen molar-refractivity contribution < 1.29 is 14.3 Å². The largest absolute Gasteiger partial charge is 0.462 e. The summed E-state index contributed by atoms with van der Waals surface area (Å²) in [7, 11) is 0. The second kappa shape index (κ2) is 11.9. The van der Waals surface area contributed by atoms with Crippen LogP contribution < -0.4 is 5.43 Å². The fraction of sp³-hybridized carbons (Fsp3) is 0.147. The molecular weight excluding hydrogens is 512 g/mol. The molecule has 2 aromatic heterocycles. The molecule has 2 heterocycles. The fourth-order valence-electron chi connectivity index (χ4n) is 5.00. The Bertz CT molecular complexity index is 1730. The number of benzene rings is 3. The monoisotopic (exact) mass is 544 g/mol. The molecule has 0 bridgehead atoms. The standard InChI is InChI=1S/C34H32N4O3/c1-5-41-34(40)28-12-9-13-31(21-28)37-24(3)20-29(25(37)4)22-35-36-33(39)27-15-17-30(18-16-27)38-23(2)14-19-32(38)26-10-7-6-8-11-26/h6-22H,5H2,1-4H3,(H,36,39)/b35-22+. The fourth-order valence-corrected chi connectivity index (χ4v) is 5.00. The first-order chi connectivity index (χ1) is 19.9. The number of nitrogens with one attached hydrogen (secondary N) is 1. The zero-order valence-electron chi connectivity index (χ0n) is 23.6. The molecule has 3 aromatic carbocycles. The van der Waals surface area contributed by atoms with Crippen LogP contribution in [0.3, 0.4) is 0 Å². The predicted molar refractivity (Wildman–Crippen MR) is 162 cm³/mol. The van der Waals surface area contributed by atoms with Crippen LogP contribution in [0.2, 0.25) is 0 Å². The average molecular weight is 545 g/mol.